The van der Waals surface area contributed by atoms with Crippen LogP contribution in [0.25, 0.3) is 0 Å². The summed E-state index contributed by atoms with van der Waals surface area (Å²) in [6.07, 6.45) is 3.30. The summed E-state index contributed by atoms with van der Waals surface area (Å²) >= 11 is 0. The lowest BCUT2D eigenvalue weighted by Gasteiger charge is -2.07. The van der Waals surface area contributed by atoms with E-state index >= 15 is 0 Å². The fourth-order valence-electron chi connectivity index (χ4n) is 3.31. The molecule has 4 rings (SSSR count). The molecule has 1 N–H and O–H groups in total. The predicted octanol–water partition coefficient (Wildman–Crippen LogP) is 4.18. The van der Waals surface area contributed by atoms with Crippen molar-refractivity contribution >= 4 is 11.6 Å². The second-order valence-electron chi connectivity index (χ2n) is 7.29. The summed E-state index contributed by atoms with van der Waals surface area (Å²) in [5.74, 6) is -0.493. The summed E-state index contributed by atoms with van der Waals surface area (Å²) in [6, 6.07) is 15.9. The molecule has 0 aliphatic rings. The number of nitrogens with one attached hydrogen (secondary N) is 1. The van der Waals surface area contributed by atoms with Crippen molar-refractivity contribution in [3.05, 3.63) is 101 Å². The SMILES string of the molecule is Cc1cc(C)n(Cc2ccc(C(=O)Nc3cnn(Cc4cccc(F)c4)c3)cc2)n1. The molecule has 0 aliphatic heterocycles. The molecule has 30 heavy (non-hydrogen) atoms. The zero-order valence-corrected chi connectivity index (χ0v) is 16.8. The number of benzene rings is 2. The van der Waals surface area contributed by atoms with E-state index in [1.54, 1.807) is 35.3 Å². The third kappa shape index (κ3) is 4.63. The number of carbonyl (C=O) groups excluding carboxylic acids is 1. The molecule has 0 unspecified atom stereocenters. The van der Waals surface area contributed by atoms with E-state index in [0.29, 0.717) is 24.3 Å². The molecule has 152 valence electrons. The van der Waals surface area contributed by atoms with Gasteiger partial charge < -0.3 is 5.32 Å². The minimum absolute atomic E-state index is 0.210. The van der Waals surface area contributed by atoms with Crippen molar-refractivity contribution in [3.8, 4) is 0 Å². The van der Waals surface area contributed by atoms with E-state index in [1.165, 1.54) is 12.1 Å². The Balaban J connectivity index is 1.38. The van der Waals surface area contributed by atoms with Crippen LogP contribution in [0.15, 0.2) is 67.0 Å². The van der Waals surface area contributed by atoms with Gasteiger partial charge in [0, 0.05) is 17.5 Å². The molecule has 2 aromatic heterocycles. The summed E-state index contributed by atoms with van der Waals surface area (Å²) in [7, 11) is 0. The van der Waals surface area contributed by atoms with Crippen LogP contribution in [0.3, 0.4) is 0 Å². The molecule has 2 heterocycles. The first kappa shape index (κ1) is 19.6. The quantitative estimate of drug-likeness (QED) is 0.525. The lowest BCUT2D eigenvalue weighted by atomic mass is 10.1. The Morgan fingerprint density at radius 2 is 1.83 bits per heavy atom. The zero-order chi connectivity index (χ0) is 21.1. The van der Waals surface area contributed by atoms with Crippen LogP contribution in [-0.4, -0.2) is 25.5 Å². The highest BCUT2D eigenvalue weighted by molar-refractivity contribution is 6.04. The number of aromatic nitrogens is 4. The van der Waals surface area contributed by atoms with Crippen molar-refractivity contribution in [3.63, 3.8) is 0 Å². The third-order valence-corrected chi connectivity index (χ3v) is 4.78. The van der Waals surface area contributed by atoms with Crippen LogP contribution in [0, 0.1) is 19.7 Å². The Labute approximate surface area is 174 Å². The molecule has 2 aromatic carbocycles. The average molecular weight is 403 g/mol. The number of nitrogens with zero attached hydrogens (tertiary/aromatic N) is 4. The third-order valence-electron chi connectivity index (χ3n) is 4.78. The maximum Gasteiger partial charge on any atom is 0.255 e. The largest absolute Gasteiger partial charge is 0.319 e. The fraction of sp³-hybridized carbons (Fsp3) is 0.174. The van der Waals surface area contributed by atoms with Gasteiger partial charge in [-0.3, -0.25) is 14.2 Å². The van der Waals surface area contributed by atoms with Gasteiger partial charge in [0.05, 0.1) is 30.7 Å². The number of anilines is 1. The van der Waals surface area contributed by atoms with Crippen LogP contribution in [0.2, 0.25) is 0 Å². The minimum Gasteiger partial charge on any atom is -0.319 e. The smallest absolute Gasteiger partial charge is 0.255 e. The van der Waals surface area contributed by atoms with Gasteiger partial charge in [-0.15, -0.1) is 0 Å². The van der Waals surface area contributed by atoms with Crippen LogP contribution in [-0.2, 0) is 13.1 Å². The van der Waals surface area contributed by atoms with Gasteiger partial charge >= 0.3 is 0 Å². The normalized spacial score (nSPS) is 10.9. The van der Waals surface area contributed by atoms with E-state index in [2.05, 4.69) is 15.5 Å². The van der Waals surface area contributed by atoms with Gasteiger partial charge in [-0.2, -0.15) is 10.2 Å². The highest BCUT2D eigenvalue weighted by Crippen LogP contribution is 2.13. The van der Waals surface area contributed by atoms with Crippen molar-refractivity contribution in [2.45, 2.75) is 26.9 Å². The zero-order valence-electron chi connectivity index (χ0n) is 16.8. The molecule has 0 bridgehead atoms. The lowest BCUT2D eigenvalue weighted by molar-refractivity contribution is 0.102. The number of carbonyl (C=O) groups is 1. The molecule has 6 nitrogen and oxygen atoms in total. The molecule has 0 radical (unpaired) electrons. The summed E-state index contributed by atoms with van der Waals surface area (Å²) < 4.78 is 16.9. The van der Waals surface area contributed by atoms with Crippen LogP contribution >= 0.6 is 0 Å². The van der Waals surface area contributed by atoms with Crippen molar-refractivity contribution in [1.29, 1.82) is 0 Å². The highest BCUT2D eigenvalue weighted by atomic mass is 19.1. The second kappa shape index (κ2) is 8.32. The minimum atomic E-state index is -0.283. The Hall–Kier alpha value is -3.74. The van der Waals surface area contributed by atoms with Crippen LogP contribution in [0.1, 0.15) is 32.9 Å². The fourth-order valence-corrected chi connectivity index (χ4v) is 3.31. The standard InChI is InChI=1S/C23H22FN5O/c1-16-10-17(2)29(27-16)14-18-6-8-20(9-7-18)23(30)26-22-12-25-28(15-22)13-19-4-3-5-21(24)11-19/h3-12,15H,13-14H2,1-2H3,(H,26,30). The first-order chi connectivity index (χ1) is 14.5. The molecule has 0 aliphatic carbocycles. The van der Waals surface area contributed by atoms with Gasteiger partial charge in [-0.05, 0) is 55.3 Å². The van der Waals surface area contributed by atoms with Crippen molar-refractivity contribution in [2.75, 3.05) is 5.32 Å². The van der Waals surface area contributed by atoms with E-state index in [1.807, 2.05) is 42.8 Å². The molecular weight excluding hydrogens is 381 g/mol. The van der Waals surface area contributed by atoms with Crippen molar-refractivity contribution in [1.82, 2.24) is 19.6 Å². The number of rotatable bonds is 6. The maximum absolute atomic E-state index is 13.3. The Morgan fingerprint density at radius 3 is 2.53 bits per heavy atom. The molecule has 0 atom stereocenters. The number of amides is 1. The van der Waals surface area contributed by atoms with Crippen LogP contribution < -0.4 is 5.32 Å². The predicted molar refractivity (Wildman–Crippen MR) is 113 cm³/mol. The molecule has 7 heteroatoms. The monoisotopic (exact) mass is 403 g/mol. The number of halogens is 1. The summed E-state index contributed by atoms with van der Waals surface area (Å²) in [5, 5.41) is 11.5. The summed E-state index contributed by atoms with van der Waals surface area (Å²) in [4.78, 5) is 12.5. The highest BCUT2D eigenvalue weighted by Gasteiger charge is 2.09. The molecule has 0 spiro atoms. The topological polar surface area (TPSA) is 64.7 Å². The number of hydrogen-bond donors (Lipinski definition) is 1. The average Bonchev–Trinajstić information content (AvgIpc) is 3.27. The van der Waals surface area contributed by atoms with E-state index < -0.39 is 0 Å². The Morgan fingerprint density at radius 1 is 1.03 bits per heavy atom. The molecule has 0 fully saturated rings. The second-order valence-corrected chi connectivity index (χ2v) is 7.29. The molecule has 0 saturated carbocycles. The Kier molecular flexibility index (Phi) is 5.43. The van der Waals surface area contributed by atoms with E-state index in [-0.39, 0.29) is 11.7 Å². The molecule has 4 aromatic rings. The van der Waals surface area contributed by atoms with Gasteiger partial charge in [0.15, 0.2) is 0 Å². The van der Waals surface area contributed by atoms with Gasteiger partial charge in [0.2, 0.25) is 0 Å². The van der Waals surface area contributed by atoms with Crippen LogP contribution in [0.5, 0.6) is 0 Å². The number of aryl methyl sites for hydroxylation is 2. The van der Waals surface area contributed by atoms with Gasteiger partial charge in [0.25, 0.3) is 5.91 Å². The molecule has 0 saturated heterocycles. The Bertz CT molecular complexity index is 1180. The summed E-state index contributed by atoms with van der Waals surface area (Å²) in [5.41, 5.74) is 5.11. The van der Waals surface area contributed by atoms with E-state index in [4.69, 9.17) is 0 Å². The van der Waals surface area contributed by atoms with E-state index in [9.17, 15) is 9.18 Å². The molecular formula is C23H22FN5O. The lowest BCUT2D eigenvalue weighted by Crippen LogP contribution is -2.12. The van der Waals surface area contributed by atoms with Gasteiger partial charge in [-0.25, -0.2) is 4.39 Å². The maximum atomic E-state index is 13.3. The van der Waals surface area contributed by atoms with E-state index in [0.717, 1.165) is 22.5 Å². The first-order valence-electron chi connectivity index (χ1n) is 9.64. The van der Waals surface area contributed by atoms with Crippen molar-refractivity contribution < 1.29 is 9.18 Å². The van der Waals surface area contributed by atoms with Gasteiger partial charge in [0.1, 0.15) is 5.82 Å². The first-order valence-corrected chi connectivity index (χ1v) is 9.64. The van der Waals surface area contributed by atoms with Crippen LogP contribution in [0.4, 0.5) is 10.1 Å². The molecule has 1 amide bonds. The number of hydrogen-bond acceptors (Lipinski definition) is 3. The van der Waals surface area contributed by atoms with Gasteiger partial charge in [-0.1, -0.05) is 24.3 Å². The van der Waals surface area contributed by atoms with Crippen molar-refractivity contribution in [2.24, 2.45) is 0 Å². The summed E-state index contributed by atoms with van der Waals surface area (Å²) in [6.45, 7) is 5.08.